The van der Waals surface area contributed by atoms with E-state index in [0.717, 1.165) is 43.2 Å². The third-order valence-electron chi connectivity index (χ3n) is 7.06. The molecule has 0 radical (unpaired) electrons. The van der Waals surface area contributed by atoms with Gasteiger partial charge in [-0.05, 0) is 50.7 Å². The number of carbonyl (C=O) groups is 1. The van der Waals surface area contributed by atoms with Crippen molar-refractivity contribution in [2.45, 2.75) is 19.9 Å². The number of rotatable bonds is 6. The van der Waals surface area contributed by atoms with E-state index >= 15 is 0 Å². The predicted molar refractivity (Wildman–Crippen MR) is 150 cm³/mol. The Bertz CT molecular complexity index is 1690. The molecule has 40 heavy (non-hydrogen) atoms. The third-order valence-corrected chi connectivity index (χ3v) is 8.04. The van der Waals surface area contributed by atoms with Gasteiger partial charge >= 0.3 is 5.97 Å². The van der Waals surface area contributed by atoms with E-state index in [1.807, 2.05) is 7.05 Å². The molecule has 10 nitrogen and oxygen atoms in total. The number of piperazine rings is 1. The molecule has 1 aromatic heterocycles. The van der Waals surface area contributed by atoms with Gasteiger partial charge in [0.1, 0.15) is 5.82 Å². The zero-order valence-corrected chi connectivity index (χ0v) is 23.1. The molecule has 0 aliphatic carbocycles. The number of nitrogens with zero attached hydrogens (tertiary/aromatic N) is 5. The number of nitro groups is 1. The molecular weight excluding hydrogens is 537 g/mol. The summed E-state index contributed by atoms with van der Waals surface area (Å²) in [4.78, 5) is 47.4. The van der Waals surface area contributed by atoms with Crippen LogP contribution in [0.5, 0.6) is 0 Å². The highest BCUT2D eigenvalue weighted by molar-refractivity contribution is 7.07. The first-order valence-electron chi connectivity index (χ1n) is 12.8. The number of nitro benzene ring substituents is 1. The van der Waals surface area contributed by atoms with Crippen LogP contribution in [0.4, 0.5) is 15.8 Å². The van der Waals surface area contributed by atoms with Crippen molar-refractivity contribution in [2.24, 2.45) is 4.99 Å². The lowest BCUT2D eigenvalue weighted by molar-refractivity contribution is -0.384. The Hall–Kier alpha value is -4.16. The summed E-state index contributed by atoms with van der Waals surface area (Å²) >= 11 is 1.13. The van der Waals surface area contributed by atoms with Crippen molar-refractivity contribution in [3.8, 4) is 0 Å². The summed E-state index contributed by atoms with van der Waals surface area (Å²) in [6, 6.07) is 9.39. The number of benzene rings is 2. The van der Waals surface area contributed by atoms with Crippen LogP contribution in [-0.4, -0.2) is 60.2 Å². The number of likely N-dealkylation sites (N-methyl/N-ethyl adjacent to an activating group) is 1. The lowest BCUT2D eigenvalue weighted by atomic mass is 9.96. The Morgan fingerprint density at radius 2 is 1.90 bits per heavy atom. The molecular formula is C28H28FN5O5S. The average molecular weight is 566 g/mol. The van der Waals surface area contributed by atoms with Gasteiger partial charge < -0.3 is 14.5 Å². The number of anilines is 1. The number of thiazole rings is 1. The van der Waals surface area contributed by atoms with Gasteiger partial charge in [0, 0.05) is 49.6 Å². The number of ether oxygens (including phenoxy) is 1. The fraction of sp³-hybridized carbons (Fsp3) is 0.321. The molecule has 1 atom stereocenters. The van der Waals surface area contributed by atoms with Crippen LogP contribution < -0.4 is 19.8 Å². The van der Waals surface area contributed by atoms with E-state index in [1.165, 1.54) is 41.0 Å². The van der Waals surface area contributed by atoms with Crippen LogP contribution in [0.1, 0.15) is 31.0 Å². The van der Waals surface area contributed by atoms with E-state index in [1.54, 1.807) is 26.0 Å². The molecule has 12 heteroatoms. The molecule has 2 aliphatic rings. The lowest BCUT2D eigenvalue weighted by Crippen LogP contribution is -2.44. The molecule has 1 saturated heterocycles. The van der Waals surface area contributed by atoms with Crippen LogP contribution in [0.15, 0.2) is 63.5 Å². The average Bonchev–Trinajstić information content (AvgIpc) is 3.23. The minimum atomic E-state index is -0.875. The second-order valence-corrected chi connectivity index (χ2v) is 10.7. The Kier molecular flexibility index (Phi) is 7.63. The number of hydrogen-bond acceptors (Lipinski definition) is 9. The molecule has 0 saturated carbocycles. The number of esters is 1. The molecule has 5 rings (SSSR count). The van der Waals surface area contributed by atoms with E-state index in [-0.39, 0.29) is 17.9 Å². The summed E-state index contributed by atoms with van der Waals surface area (Å²) in [6.45, 7) is 6.65. The highest BCUT2D eigenvalue weighted by Crippen LogP contribution is 2.31. The predicted octanol–water partition coefficient (Wildman–Crippen LogP) is 2.60. The zero-order valence-electron chi connectivity index (χ0n) is 22.3. The molecule has 0 amide bonds. The molecule has 0 spiro atoms. The van der Waals surface area contributed by atoms with Crippen LogP contribution in [0, 0.1) is 15.9 Å². The Morgan fingerprint density at radius 1 is 1.20 bits per heavy atom. The van der Waals surface area contributed by atoms with Crippen molar-refractivity contribution >= 4 is 34.8 Å². The molecule has 2 aromatic carbocycles. The first-order chi connectivity index (χ1) is 19.2. The molecule has 1 fully saturated rings. The Morgan fingerprint density at radius 3 is 2.55 bits per heavy atom. The molecule has 0 bridgehead atoms. The number of non-ortho nitro benzene ring substituents is 1. The second-order valence-electron chi connectivity index (χ2n) is 9.64. The standard InChI is InChI=1S/C28H28FN5O5S/c1-4-39-27(36)24-17(2)30-28-33(25(24)18-5-7-20(29)8-6-18)26(35)23(40-28)16-19-15-21(34(37)38)9-10-22(19)32-13-11-31(3)12-14-32/h5-10,15-16,25H,4,11-14H2,1-3H3/b23-16+. The van der Waals surface area contributed by atoms with Gasteiger partial charge in [-0.15, -0.1) is 0 Å². The van der Waals surface area contributed by atoms with Crippen molar-refractivity contribution in [1.29, 1.82) is 0 Å². The zero-order chi connectivity index (χ0) is 28.6. The first kappa shape index (κ1) is 27.4. The summed E-state index contributed by atoms with van der Waals surface area (Å²) in [7, 11) is 2.04. The summed E-state index contributed by atoms with van der Waals surface area (Å²) in [5.41, 5.74) is 1.96. The maximum Gasteiger partial charge on any atom is 0.338 e. The van der Waals surface area contributed by atoms with Crippen molar-refractivity contribution in [3.05, 3.63) is 100 Å². The van der Waals surface area contributed by atoms with Gasteiger partial charge in [0.15, 0.2) is 4.80 Å². The van der Waals surface area contributed by atoms with Crippen molar-refractivity contribution in [2.75, 3.05) is 44.7 Å². The maximum atomic E-state index is 13.9. The summed E-state index contributed by atoms with van der Waals surface area (Å²) in [6.07, 6.45) is 1.65. The number of allylic oxidation sites excluding steroid dienone is 1. The number of halogens is 1. The summed E-state index contributed by atoms with van der Waals surface area (Å²) in [5, 5.41) is 11.6. The summed E-state index contributed by atoms with van der Waals surface area (Å²) in [5.74, 6) is -1.06. The Labute approximate surface area is 233 Å². The van der Waals surface area contributed by atoms with Crippen molar-refractivity contribution in [1.82, 2.24) is 9.47 Å². The lowest BCUT2D eigenvalue weighted by Gasteiger charge is -2.34. The second kappa shape index (κ2) is 11.1. The first-order valence-corrected chi connectivity index (χ1v) is 13.7. The van der Waals surface area contributed by atoms with Gasteiger partial charge in [-0.1, -0.05) is 23.5 Å². The van der Waals surface area contributed by atoms with Gasteiger partial charge in [-0.3, -0.25) is 19.5 Å². The number of hydrogen-bond donors (Lipinski definition) is 0. The number of aromatic nitrogens is 1. The minimum Gasteiger partial charge on any atom is -0.463 e. The normalized spacial score (nSPS) is 17.9. The van der Waals surface area contributed by atoms with Gasteiger partial charge in [0.25, 0.3) is 11.2 Å². The van der Waals surface area contributed by atoms with E-state index in [0.29, 0.717) is 26.2 Å². The van der Waals surface area contributed by atoms with Crippen LogP contribution in [0.3, 0.4) is 0 Å². The summed E-state index contributed by atoms with van der Waals surface area (Å²) < 4.78 is 20.8. The topological polar surface area (TPSA) is 110 Å². The minimum absolute atomic E-state index is 0.0819. The van der Waals surface area contributed by atoms with Gasteiger partial charge in [0.2, 0.25) is 0 Å². The fourth-order valence-electron chi connectivity index (χ4n) is 5.00. The largest absolute Gasteiger partial charge is 0.463 e. The van der Waals surface area contributed by atoms with E-state index < -0.39 is 28.3 Å². The van der Waals surface area contributed by atoms with E-state index in [2.05, 4.69) is 14.8 Å². The third kappa shape index (κ3) is 5.19. The van der Waals surface area contributed by atoms with Gasteiger partial charge in [-0.2, -0.15) is 0 Å². The van der Waals surface area contributed by atoms with Crippen LogP contribution in [0.2, 0.25) is 0 Å². The van der Waals surface area contributed by atoms with Crippen molar-refractivity contribution in [3.63, 3.8) is 0 Å². The maximum absolute atomic E-state index is 13.9. The number of fused-ring (bicyclic) bond motifs is 1. The van der Waals surface area contributed by atoms with Crippen molar-refractivity contribution < 1.29 is 18.8 Å². The SMILES string of the molecule is CCOC(=O)C1=C(C)N=c2s/c(=C/c3cc([N+](=O)[O-])ccc3N3CCN(C)CC3)c(=O)n2C1c1ccc(F)cc1. The van der Waals surface area contributed by atoms with Crippen LogP contribution >= 0.6 is 11.3 Å². The quantitative estimate of drug-likeness (QED) is 0.257. The molecule has 3 aromatic rings. The highest BCUT2D eigenvalue weighted by Gasteiger charge is 2.33. The highest BCUT2D eigenvalue weighted by atomic mass is 32.1. The van der Waals surface area contributed by atoms with Crippen LogP contribution in [-0.2, 0) is 9.53 Å². The van der Waals surface area contributed by atoms with E-state index in [4.69, 9.17) is 4.74 Å². The monoisotopic (exact) mass is 565 g/mol. The van der Waals surface area contributed by atoms with Gasteiger partial charge in [0.05, 0.1) is 33.4 Å². The Balaban J connectivity index is 1.70. The van der Waals surface area contributed by atoms with Gasteiger partial charge in [-0.25, -0.2) is 14.2 Å². The fourth-order valence-corrected chi connectivity index (χ4v) is 6.04. The molecule has 2 aliphatic heterocycles. The molecule has 0 N–H and O–H groups in total. The molecule has 208 valence electrons. The van der Waals surface area contributed by atoms with E-state index in [9.17, 15) is 24.1 Å². The molecule has 1 unspecified atom stereocenters. The molecule has 3 heterocycles. The number of carbonyl (C=O) groups excluding carboxylic acids is 1. The smallest absolute Gasteiger partial charge is 0.338 e. The van der Waals surface area contributed by atoms with Crippen LogP contribution in [0.25, 0.3) is 6.08 Å².